The van der Waals surface area contributed by atoms with Crippen LogP contribution in [-0.4, -0.2) is 53.0 Å². The molecule has 3 atom stereocenters. The zero-order chi connectivity index (χ0) is 20.5. The Balaban J connectivity index is 1.33. The van der Waals surface area contributed by atoms with Crippen LogP contribution in [0.15, 0.2) is 36.7 Å². The summed E-state index contributed by atoms with van der Waals surface area (Å²) in [6, 6.07) is 7.42. The Labute approximate surface area is 180 Å². The summed E-state index contributed by atoms with van der Waals surface area (Å²) in [5.41, 5.74) is 1.04. The monoisotopic (exact) mass is 425 g/mol. The number of carbonyl (C=O) groups is 2. The zero-order valence-electron chi connectivity index (χ0n) is 17.0. The molecule has 2 aliphatic heterocycles. The Bertz CT molecular complexity index is 909. The van der Waals surface area contributed by atoms with Gasteiger partial charge in [0.2, 0.25) is 5.91 Å². The maximum Gasteiger partial charge on any atom is 0.262 e. The van der Waals surface area contributed by atoms with E-state index in [9.17, 15) is 9.59 Å². The molecule has 2 aromatic rings. The summed E-state index contributed by atoms with van der Waals surface area (Å²) in [7, 11) is 0. The quantitative estimate of drug-likeness (QED) is 0.796. The van der Waals surface area contributed by atoms with Crippen LogP contribution in [0.3, 0.4) is 0 Å². The Kier molecular flexibility index (Phi) is 5.56. The van der Waals surface area contributed by atoms with Crippen molar-refractivity contribution in [2.45, 2.75) is 56.7 Å². The van der Waals surface area contributed by atoms with Crippen LogP contribution in [0.4, 0.5) is 0 Å². The third-order valence-electron chi connectivity index (χ3n) is 6.73. The molecule has 6 nitrogen and oxygen atoms in total. The second-order valence-corrected chi connectivity index (χ2v) is 9.56. The molecule has 1 N–H and O–H groups in total. The molecular formula is C23H27N3O3S. The van der Waals surface area contributed by atoms with Crippen LogP contribution in [0.1, 0.15) is 48.2 Å². The number of carbonyl (C=O) groups excluding carboxylic acids is 2. The van der Waals surface area contributed by atoms with Gasteiger partial charge in [-0.25, -0.2) is 0 Å². The minimum Gasteiger partial charge on any atom is -0.376 e. The molecule has 0 radical (unpaired) electrons. The number of likely N-dealkylation sites (tertiary alicyclic amines) is 1. The molecule has 1 saturated carbocycles. The van der Waals surface area contributed by atoms with Crippen molar-refractivity contribution in [3.63, 3.8) is 0 Å². The summed E-state index contributed by atoms with van der Waals surface area (Å²) in [6.07, 6.45) is 9.75. The summed E-state index contributed by atoms with van der Waals surface area (Å²) < 4.78 is 5.77. The molecule has 2 saturated heterocycles. The normalized spacial score (nSPS) is 24.7. The van der Waals surface area contributed by atoms with Crippen molar-refractivity contribution in [3.05, 3.63) is 41.5 Å². The lowest BCUT2D eigenvalue weighted by molar-refractivity contribution is -0.135. The van der Waals surface area contributed by atoms with Crippen LogP contribution in [0.5, 0.6) is 0 Å². The van der Waals surface area contributed by atoms with Crippen molar-refractivity contribution in [1.82, 2.24) is 15.2 Å². The number of nitrogens with one attached hydrogen (secondary N) is 1. The third-order valence-corrected chi connectivity index (χ3v) is 7.86. The first-order valence-electron chi connectivity index (χ1n) is 10.9. The Morgan fingerprint density at radius 1 is 1.10 bits per heavy atom. The largest absolute Gasteiger partial charge is 0.376 e. The summed E-state index contributed by atoms with van der Waals surface area (Å²) in [5, 5.41) is 3.12. The molecule has 2 aromatic heterocycles. The molecule has 2 unspecified atom stereocenters. The Morgan fingerprint density at radius 3 is 2.70 bits per heavy atom. The number of rotatable bonds is 5. The van der Waals surface area contributed by atoms with Gasteiger partial charge in [-0.15, -0.1) is 11.3 Å². The number of amides is 2. The predicted molar refractivity (Wildman–Crippen MR) is 115 cm³/mol. The van der Waals surface area contributed by atoms with Crippen molar-refractivity contribution in [1.29, 1.82) is 0 Å². The molecule has 3 aliphatic rings. The van der Waals surface area contributed by atoms with Gasteiger partial charge in [-0.3, -0.25) is 14.6 Å². The highest BCUT2D eigenvalue weighted by molar-refractivity contribution is 7.17. The summed E-state index contributed by atoms with van der Waals surface area (Å²) >= 11 is 1.45. The molecule has 4 heterocycles. The fraction of sp³-hybridized carbons (Fsp3) is 0.522. The van der Waals surface area contributed by atoms with E-state index in [2.05, 4.69) is 10.3 Å². The molecule has 3 fully saturated rings. The van der Waals surface area contributed by atoms with E-state index < -0.39 is 6.04 Å². The van der Waals surface area contributed by atoms with Crippen LogP contribution in [0.2, 0.25) is 0 Å². The molecule has 0 spiro atoms. The van der Waals surface area contributed by atoms with E-state index in [1.807, 2.05) is 29.2 Å². The number of thiophene rings is 1. The molecule has 0 aromatic carbocycles. The average molecular weight is 426 g/mol. The van der Waals surface area contributed by atoms with Crippen LogP contribution in [0.25, 0.3) is 10.4 Å². The summed E-state index contributed by atoms with van der Waals surface area (Å²) in [4.78, 5) is 34.3. The van der Waals surface area contributed by atoms with Crippen LogP contribution in [-0.2, 0) is 9.53 Å². The molecular weight excluding hydrogens is 398 g/mol. The van der Waals surface area contributed by atoms with E-state index in [0.29, 0.717) is 4.88 Å². The highest BCUT2D eigenvalue weighted by Crippen LogP contribution is 2.34. The van der Waals surface area contributed by atoms with E-state index >= 15 is 0 Å². The lowest BCUT2D eigenvalue weighted by Crippen LogP contribution is -2.53. The van der Waals surface area contributed by atoms with Gasteiger partial charge in [0.15, 0.2) is 0 Å². The highest BCUT2D eigenvalue weighted by atomic mass is 32.1. The topological polar surface area (TPSA) is 71.5 Å². The number of aromatic nitrogens is 1. The molecule has 2 amide bonds. The summed E-state index contributed by atoms with van der Waals surface area (Å²) in [5.74, 6) is 0.158. The number of hydrogen-bond acceptors (Lipinski definition) is 5. The molecule has 0 bridgehead atoms. The minimum atomic E-state index is -0.439. The van der Waals surface area contributed by atoms with E-state index in [1.165, 1.54) is 11.3 Å². The Hall–Kier alpha value is -2.25. The van der Waals surface area contributed by atoms with E-state index in [-0.39, 0.29) is 29.9 Å². The predicted octanol–water partition coefficient (Wildman–Crippen LogP) is 3.49. The second-order valence-electron chi connectivity index (χ2n) is 8.48. The van der Waals surface area contributed by atoms with Gasteiger partial charge in [0.1, 0.15) is 6.04 Å². The van der Waals surface area contributed by atoms with Gasteiger partial charge in [0, 0.05) is 30.4 Å². The molecule has 158 valence electrons. The van der Waals surface area contributed by atoms with Crippen molar-refractivity contribution < 1.29 is 14.3 Å². The number of fused-ring (bicyclic) bond motifs is 1. The first-order valence-corrected chi connectivity index (χ1v) is 11.8. The fourth-order valence-electron chi connectivity index (χ4n) is 5.17. The number of nitrogens with zero attached hydrogens (tertiary/aromatic N) is 2. The van der Waals surface area contributed by atoms with E-state index in [1.54, 1.807) is 12.4 Å². The van der Waals surface area contributed by atoms with Gasteiger partial charge in [-0.05, 0) is 61.4 Å². The maximum atomic E-state index is 13.5. The lowest BCUT2D eigenvalue weighted by Gasteiger charge is -2.31. The van der Waals surface area contributed by atoms with Crippen molar-refractivity contribution in [2.24, 2.45) is 5.92 Å². The average Bonchev–Trinajstić information content (AvgIpc) is 3.56. The van der Waals surface area contributed by atoms with Crippen LogP contribution in [0, 0.1) is 5.92 Å². The second kappa shape index (κ2) is 8.47. The van der Waals surface area contributed by atoms with E-state index in [4.69, 9.17) is 4.74 Å². The summed E-state index contributed by atoms with van der Waals surface area (Å²) in [6.45, 7) is 1.46. The Morgan fingerprint density at radius 2 is 1.90 bits per heavy atom. The molecule has 5 rings (SSSR count). The SMILES string of the molecule is O=C(N[C@H](C(=O)N1CCC2OCCC21)C1CCCC1)c1ccc(-c2ccncc2)s1. The lowest BCUT2D eigenvalue weighted by atomic mass is 9.96. The maximum absolute atomic E-state index is 13.5. The molecule has 1 aliphatic carbocycles. The smallest absolute Gasteiger partial charge is 0.262 e. The van der Waals surface area contributed by atoms with Gasteiger partial charge in [0.25, 0.3) is 5.91 Å². The standard InChI is InChI=1S/C23H27N3O3S/c27-22(20-6-5-19(30-20)15-7-11-24-12-8-15)25-21(16-3-1-2-4-16)23(28)26-13-9-18-17(26)10-14-29-18/h5-8,11-12,16-18,21H,1-4,9-10,13-14H2,(H,25,27)/t17?,18?,21-/m0/s1. The molecule has 30 heavy (non-hydrogen) atoms. The van der Waals surface area contributed by atoms with Gasteiger partial charge in [-0.1, -0.05) is 12.8 Å². The van der Waals surface area contributed by atoms with Crippen LogP contribution >= 0.6 is 11.3 Å². The third kappa shape index (κ3) is 3.76. The first-order chi connectivity index (χ1) is 14.7. The minimum absolute atomic E-state index is 0.0826. The van der Waals surface area contributed by atoms with Crippen LogP contribution < -0.4 is 5.32 Å². The van der Waals surface area contributed by atoms with Crippen molar-refractivity contribution in [2.75, 3.05) is 13.2 Å². The van der Waals surface area contributed by atoms with Gasteiger partial charge in [0.05, 0.1) is 17.0 Å². The number of hydrogen-bond donors (Lipinski definition) is 1. The fourth-order valence-corrected chi connectivity index (χ4v) is 6.08. The van der Waals surface area contributed by atoms with Gasteiger partial charge < -0.3 is 15.0 Å². The van der Waals surface area contributed by atoms with E-state index in [0.717, 1.165) is 62.1 Å². The van der Waals surface area contributed by atoms with Crippen molar-refractivity contribution in [3.8, 4) is 10.4 Å². The number of pyridine rings is 1. The number of ether oxygens (including phenoxy) is 1. The van der Waals surface area contributed by atoms with Gasteiger partial charge >= 0.3 is 0 Å². The van der Waals surface area contributed by atoms with Crippen molar-refractivity contribution >= 4 is 23.2 Å². The van der Waals surface area contributed by atoms with Gasteiger partial charge in [-0.2, -0.15) is 0 Å². The molecule has 7 heteroatoms. The highest BCUT2D eigenvalue weighted by Gasteiger charge is 2.44. The first kappa shape index (κ1) is 19.7. The zero-order valence-corrected chi connectivity index (χ0v) is 17.8.